The van der Waals surface area contributed by atoms with E-state index in [4.69, 9.17) is 4.74 Å². The molecule has 0 aliphatic carbocycles. The van der Waals surface area contributed by atoms with Gasteiger partial charge in [-0.25, -0.2) is 13.2 Å². The highest BCUT2D eigenvalue weighted by atomic mass is 32.2. The topological polar surface area (TPSA) is 98.5 Å². The molecule has 0 bridgehead atoms. The molecule has 1 aromatic carbocycles. The quantitative estimate of drug-likeness (QED) is 0.564. The number of alkyl halides is 3. The van der Waals surface area contributed by atoms with Crippen molar-refractivity contribution < 1.29 is 35.6 Å². The van der Waals surface area contributed by atoms with Gasteiger partial charge in [-0.2, -0.15) is 13.2 Å². The molecule has 0 atom stereocenters. The molecule has 3 aromatic rings. The number of esters is 1. The molecular weight excluding hydrogens is 433 g/mol. The highest BCUT2D eigenvalue weighted by Crippen LogP contribution is 2.35. The lowest BCUT2D eigenvalue weighted by molar-refractivity contribution is -0.155. The van der Waals surface area contributed by atoms with Crippen LogP contribution in [-0.2, 0) is 20.9 Å². The van der Waals surface area contributed by atoms with Crippen LogP contribution in [0.1, 0.15) is 23.0 Å². The van der Waals surface area contributed by atoms with Gasteiger partial charge in [0.05, 0.1) is 17.0 Å². The number of anilines is 1. The molecule has 0 amide bonds. The van der Waals surface area contributed by atoms with Crippen molar-refractivity contribution in [3.8, 4) is 10.6 Å². The molecule has 154 valence electrons. The molecule has 7 nitrogen and oxygen atoms in total. The van der Waals surface area contributed by atoms with Crippen molar-refractivity contribution in [3.63, 3.8) is 0 Å². The first-order valence-corrected chi connectivity index (χ1v) is 10.3. The summed E-state index contributed by atoms with van der Waals surface area (Å²) in [6, 6.07) is 8.98. The molecule has 2 aromatic heterocycles. The van der Waals surface area contributed by atoms with Crippen LogP contribution in [0.3, 0.4) is 0 Å². The molecule has 2 heterocycles. The Morgan fingerprint density at radius 1 is 1.24 bits per heavy atom. The smallest absolute Gasteiger partial charge is 0.452 e. The maximum absolute atomic E-state index is 12.6. The molecule has 0 radical (unpaired) electrons. The highest BCUT2D eigenvalue weighted by Gasteiger charge is 2.36. The van der Waals surface area contributed by atoms with E-state index in [1.165, 1.54) is 36.4 Å². The lowest BCUT2D eigenvalue weighted by atomic mass is 10.2. The number of hydrogen-bond donors (Lipinski definition) is 1. The van der Waals surface area contributed by atoms with Crippen molar-refractivity contribution in [2.75, 3.05) is 11.3 Å². The van der Waals surface area contributed by atoms with Gasteiger partial charge in [-0.1, -0.05) is 11.2 Å². The molecule has 0 aliphatic rings. The summed E-state index contributed by atoms with van der Waals surface area (Å²) >= 11 is 0.723. The number of rotatable bonds is 6. The maximum atomic E-state index is 12.6. The van der Waals surface area contributed by atoms with Gasteiger partial charge in [-0.3, -0.25) is 4.72 Å². The second kappa shape index (κ2) is 7.87. The van der Waals surface area contributed by atoms with Crippen molar-refractivity contribution in [1.29, 1.82) is 0 Å². The van der Waals surface area contributed by atoms with Crippen LogP contribution in [0.15, 0.2) is 51.2 Å². The number of thiophene rings is 1. The van der Waals surface area contributed by atoms with E-state index in [1.807, 2.05) is 0 Å². The summed E-state index contributed by atoms with van der Waals surface area (Å²) in [5, 5.41) is 3.33. The van der Waals surface area contributed by atoms with Gasteiger partial charge >= 0.3 is 12.1 Å². The maximum Gasteiger partial charge on any atom is 0.452 e. The largest absolute Gasteiger partial charge is 0.462 e. The Balaban J connectivity index is 1.82. The van der Waals surface area contributed by atoms with E-state index in [9.17, 15) is 26.4 Å². The van der Waals surface area contributed by atoms with E-state index in [0.29, 0.717) is 6.07 Å². The minimum Gasteiger partial charge on any atom is -0.462 e. The second-order valence-electron chi connectivity index (χ2n) is 5.60. The number of benzene rings is 1. The zero-order chi connectivity index (χ0) is 21.2. The number of aromatic nitrogens is 1. The lowest BCUT2D eigenvalue weighted by Crippen LogP contribution is -2.12. The SMILES string of the molecule is CCOC(=O)c1cccc(NS(=O)(=O)c2ccc(-c3cc(C(F)(F)F)on3)s2)c1. The van der Waals surface area contributed by atoms with Gasteiger partial charge in [-0.15, -0.1) is 11.3 Å². The van der Waals surface area contributed by atoms with E-state index in [1.54, 1.807) is 6.92 Å². The van der Waals surface area contributed by atoms with Crippen LogP contribution in [-0.4, -0.2) is 26.2 Å². The van der Waals surface area contributed by atoms with Crippen molar-refractivity contribution in [2.24, 2.45) is 0 Å². The fourth-order valence-electron chi connectivity index (χ4n) is 2.26. The first-order valence-electron chi connectivity index (χ1n) is 8.04. The fraction of sp³-hybridized carbons (Fsp3) is 0.176. The van der Waals surface area contributed by atoms with Crippen LogP contribution in [0.4, 0.5) is 18.9 Å². The molecule has 3 rings (SSSR count). The predicted octanol–water partition coefficient (Wildman–Crippen LogP) is 4.40. The number of ether oxygens (including phenoxy) is 1. The van der Waals surface area contributed by atoms with E-state index in [0.717, 1.165) is 11.3 Å². The monoisotopic (exact) mass is 446 g/mol. The Labute approximate surface area is 167 Å². The molecule has 0 saturated carbocycles. The van der Waals surface area contributed by atoms with Gasteiger partial charge in [0.15, 0.2) is 0 Å². The van der Waals surface area contributed by atoms with E-state index in [-0.39, 0.29) is 32.6 Å². The normalized spacial score (nSPS) is 12.0. The highest BCUT2D eigenvalue weighted by molar-refractivity contribution is 7.94. The summed E-state index contributed by atoms with van der Waals surface area (Å²) < 4.78 is 74.3. The van der Waals surface area contributed by atoms with Crippen LogP contribution < -0.4 is 4.72 Å². The Morgan fingerprint density at radius 3 is 2.66 bits per heavy atom. The summed E-state index contributed by atoms with van der Waals surface area (Å²) in [5.74, 6) is -1.88. The third-order valence-electron chi connectivity index (χ3n) is 3.51. The average Bonchev–Trinajstić information content (AvgIpc) is 3.31. The van der Waals surface area contributed by atoms with Gasteiger partial charge in [0.25, 0.3) is 10.0 Å². The van der Waals surface area contributed by atoms with Crippen LogP contribution in [0.5, 0.6) is 0 Å². The Kier molecular flexibility index (Phi) is 5.66. The molecule has 1 N–H and O–H groups in total. The van der Waals surface area contributed by atoms with E-state index in [2.05, 4.69) is 14.4 Å². The Bertz CT molecular complexity index is 1140. The van der Waals surface area contributed by atoms with Crippen molar-refractivity contribution in [2.45, 2.75) is 17.3 Å². The van der Waals surface area contributed by atoms with Gasteiger partial charge in [0.2, 0.25) is 5.76 Å². The molecule has 0 unspecified atom stereocenters. The first-order chi connectivity index (χ1) is 13.6. The summed E-state index contributed by atoms with van der Waals surface area (Å²) in [5.41, 5.74) is 0.167. The zero-order valence-corrected chi connectivity index (χ0v) is 16.3. The predicted molar refractivity (Wildman–Crippen MR) is 98.0 cm³/mol. The number of nitrogens with zero attached hydrogens (tertiary/aromatic N) is 1. The van der Waals surface area contributed by atoms with Crippen molar-refractivity contribution in [1.82, 2.24) is 5.16 Å². The number of sulfonamides is 1. The number of carbonyl (C=O) groups is 1. The van der Waals surface area contributed by atoms with Crippen molar-refractivity contribution in [3.05, 3.63) is 53.8 Å². The lowest BCUT2D eigenvalue weighted by Gasteiger charge is -2.08. The average molecular weight is 446 g/mol. The Morgan fingerprint density at radius 2 is 2.00 bits per heavy atom. The van der Waals surface area contributed by atoms with Crippen molar-refractivity contribution >= 4 is 33.0 Å². The molecule has 0 spiro atoms. The molecular formula is C17H13F3N2O5S2. The third kappa shape index (κ3) is 4.77. The fourth-order valence-corrected chi connectivity index (χ4v) is 4.56. The number of carbonyl (C=O) groups excluding carboxylic acids is 1. The van der Waals surface area contributed by atoms with Gasteiger partial charge in [-0.05, 0) is 37.3 Å². The van der Waals surface area contributed by atoms with Crippen LogP contribution in [0, 0.1) is 0 Å². The van der Waals surface area contributed by atoms with Gasteiger partial charge in [0.1, 0.15) is 9.90 Å². The van der Waals surface area contributed by atoms with E-state index >= 15 is 0 Å². The van der Waals surface area contributed by atoms with Crippen LogP contribution in [0.2, 0.25) is 0 Å². The minimum atomic E-state index is -4.69. The molecule has 29 heavy (non-hydrogen) atoms. The molecule has 0 fully saturated rings. The van der Waals surface area contributed by atoms with Gasteiger partial charge in [0, 0.05) is 11.8 Å². The summed E-state index contributed by atoms with van der Waals surface area (Å²) in [6.45, 7) is 1.82. The minimum absolute atomic E-state index is 0.131. The number of nitrogens with one attached hydrogen (secondary N) is 1. The molecule has 0 saturated heterocycles. The Hall–Kier alpha value is -2.86. The summed E-state index contributed by atoms with van der Waals surface area (Å²) in [6.07, 6.45) is -4.69. The standard InChI is InChI=1S/C17H13F3N2O5S2/c1-2-26-16(23)10-4-3-5-11(8-10)22-29(24,25)15-7-6-13(28-15)12-9-14(27-21-12)17(18,19)20/h3-9,22H,2H2,1H3. The van der Waals surface area contributed by atoms with Crippen LogP contribution in [0.25, 0.3) is 10.6 Å². The number of hydrogen-bond acceptors (Lipinski definition) is 7. The molecule has 0 aliphatic heterocycles. The number of halogens is 3. The van der Waals surface area contributed by atoms with Crippen LogP contribution >= 0.6 is 11.3 Å². The summed E-state index contributed by atoms with van der Waals surface area (Å²) in [7, 11) is -4.04. The zero-order valence-electron chi connectivity index (χ0n) is 14.7. The van der Waals surface area contributed by atoms with E-state index < -0.39 is 27.9 Å². The second-order valence-corrected chi connectivity index (χ2v) is 8.59. The first kappa shape index (κ1) is 20.9. The van der Waals surface area contributed by atoms with Gasteiger partial charge < -0.3 is 9.26 Å². The summed E-state index contributed by atoms with van der Waals surface area (Å²) in [4.78, 5) is 12.0. The molecule has 12 heteroatoms. The third-order valence-corrected chi connectivity index (χ3v) is 6.49.